The van der Waals surface area contributed by atoms with Crippen LogP contribution in [0.5, 0.6) is 0 Å². The maximum absolute atomic E-state index is 15.6. The first-order valence-electron chi connectivity index (χ1n) is 24.4. The summed E-state index contributed by atoms with van der Waals surface area (Å²) >= 11 is 8.37. The number of halogens is 6. The van der Waals surface area contributed by atoms with Crippen LogP contribution in [0.15, 0.2) is 129 Å². The van der Waals surface area contributed by atoms with Crippen molar-refractivity contribution >= 4 is 84.7 Å². The summed E-state index contributed by atoms with van der Waals surface area (Å²) in [6.07, 6.45) is 3.29. The van der Waals surface area contributed by atoms with E-state index >= 15 is 4.39 Å². The first-order valence-corrected chi connectivity index (χ1v) is 29.6. The van der Waals surface area contributed by atoms with E-state index in [-0.39, 0.29) is 34.8 Å². The second-order valence-electron chi connectivity index (χ2n) is 18.3. The van der Waals surface area contributed by atoms with Crippen molar-refractivity contribution in [2.75, 3.05) is 84.2 Å². The number of carboxylic acids is 1. The molecule has 0 spiro atoms. The number of benzene rings is 5. The maximum atomic E-state index is 15.6. The van der Waals surface area contributed by atoms with E-state index in [0.717, 1.165) is 90.5 Å². The number of thioether (sulfide) groups is 1. The van der Waals surface area contributed by atoms with Gasteiger partial charge in [0.15, 0.2) is 0 Å². The molecule has 8 rings (SSSR count). The molecule has 6 aromatic rings. The number of piperidine rings is 1. The van der Waals surface area contributed by atoms with E-state index in [9.17, 15) is 35.0 Å². The number of anilines is 4. The summed E-state index contributed by atoms with van der Waals surface area (Å²) in [5, 5.41) is 12.0. The summed E-state index contributed by atoms with van der Waals surface area (Å²) in [6.45, 7) is 13.7. The molecule has 3 N–H and O–H groups in total. The van der Waals surface area contributed by atoms with Gasteiger partial charge in [0.1, 0.15) is 16.5 Å². The number of carboxylic acid groups (broad SMARTS) is 1. The topological polar surface area (TPSA) is 127 Å². The SMILES string of the molecule is CCN1CCC(C(=O)O)CC1.Cc1c(S(C)=O)c(-c2cc(F)cc(N3CCN(c4ccc(NSc5ccc(NCCSc6ccccc6F)c(S(=O)(=O)C(F)(F)F)c5)cc4)CC3)c2)c(-c2ccc(Cl)cc2)n1C(C)C. The second kappa shape index (κ2) is 25.3. The van der Waals surface area contributed by atoms with E-state index in [2.05, 4.69) is 50.1 Å². The highest BCUT2D eigenvalue weighted by molar-refractivity contribution is 8.00. The van der Waals surface area contributed by atoms with Crippen LogP contribution in [-0.2, 0) is 25.4 Å². The molecule has 1 unspecified atom stereocenters. The quantitative estimate of drug-likeness (QED) is 0.0348. The predicted molar refractivity (Wildman–Crippen MR) is 296 cm³/mol. The highest BCUT2D eigenvalue weighted by atomic mass is 35.5. The summed E-state index contributed by atoms with van der Waals surface area (Å²) in [5.41, 5.74) is 0.504. The van der Waals surface area contributed by atoms with Crippen LogP contribution in [-0.4, -0.2) is 103 Å². The van der Waals surface area contributed by atoms with Crippen molar-refractivity contribution in [1.29, 1.82) is 0 Å². The molecule has 0 aliphatic carbocycles. The number of nitrogens with zero attached hydrogens (tertiary/aromatic N) is 4. The van der Waals surface area contributed by atoms with Crippen LogP contribution < -0.4 is 19.8 Å². The normalized spacial score (nSPS) is 15.1. The standard InChI is InChI=1S/C46H45ClF5N5O3S4.C8H15NO2/c1-29(2)57-30(3)45(63(4)58)43(44(57)31-9-11-33(47)12-10-31)32-25-34(48)27-37(26-32)56-22-20-55(21-23-56)36-15-13-35(14-16-36)54-62-38-17-18-40(42(28-38)64(59,60)46(50,51)52)53-19-24-61-41-8-6-5-7-39(41)49;1-2-9-5-3-7(4-6-9)8(10)11/h5-18,25-29,53-54H,19-24H2,1-4H3;7H,2-6H2,1H3,(H,10,11). The number of aliphatic carboxylic acids is 1. The highest BCUT2D eigenvalue weighted by Crippen LogP contribution is 2.44. The smallest absolute Gasteiger partial charge is 0.481 e. The van der Waals surface area contributed by atoms with E-state index in [1.165, 1.54) is 30.3 Å². The van der Waals surface area contributed by atoms with Crippen LogP contribution in [0, 0.1) is 24.5 Å². The fourth-order valence-corrected chi connectivity index (χ4v) is 13.0. The van der Waals surface area contributed by atoms with Crippen LogP contribution in [0.3, 0.4) is 0 Å². The largest absolute Gasteiger partial charge is 0.501 e. The lowest BCUT2D eigenvalue weighted by Gasteiger charge is -2.37. The second-order valence-corrected chi connectivity index (χ2v) is 24.0. The summed E-state index contributed by atoms with van der Waals surface area (Å²) in [4.78, 5) is 17.5. The third-order valence-electron chi connectivity index (χ3n) is 13.1. The van der Waals surface area contributed by atoms with Gasteiger partial charge in [-0.3, -0.25) is 9.00 Å². The number of aromatic nitrogens is 1. The number of carbonyl (C=O) groups is 1. The van der Waals surface area contributed by atoms with Gasteiger partial charge >= 0.3 is 11.5 Å². The lowest BCUT2D eigenvalue weighted by molar-refractivity contribution is -0.143. The van der Waals surface area contributed by atoms with Crippen LogP contribution in [0.4, 0.5) is 44.7 Å². The molecule has 1 aromatic heterocycles. The summed E-state index contributed by atoms with van der Waals surface area (Å²) in [5.74, 6) is -1.26. The van der Waals surface area contributed by atoms with E-state index < -0.39 is 48.6 Å². The van der Waals surface area contributed by atoms with Crippen LogP contribution >= 0.6 is 35.3 Å². The molecule has 21 heteroatoms. The first kappa shape index (κ1) is 57.5. The molecule has 1 atom stereocenters. The Kier molecular flexibility index (Phi) is 19.4. The van der Waals surface area contributed by atoms with Gasteiger partial charge in [0, 0.05) is 93.9 Å². The predicted octanol–water partition coefficient (Wildman–Crippen LogP) is 13.1. The van der Waals surface area contributed by atoms with Gasteiger partial charge in [-0.05, 0) is 161 Å². The molecule has 11 nitrogen and oxygen atoms in total. The summed E-state index contributed by atoms with van der Waals surface area (Å²) in [6, 6.07) is 29.8. The molecule has 2 aliphatic rings. The number of hydrogen-bond acceptors (Lipinski definition) is 11. The Bertz CT molecular complexity index is 3070. The average molecular weight is 1130 g/mol. The van der Waals surface area contributed by atoms with E-state index in [4.69, 9.17) is 16.7 Å². The Morgan fingerprint density at radius 3 is 2.08 bits per heavy atom. The van der Waals surface area contributed by atoms with Gasteiger partial charge in [-0.15, -0.1) is 11.8 Å². The van der Waals surface area contributed by atoms with Crippen molar-refractivity contribution in [1.82, 2.24) is 9.47 Å². The lowest BCUT2D eigenvalue weighted by atomic mass is 9.97. The first-order chi connectivity index (χ1) is 35.7. The number of alkyl halides is 3. The van der Waals surface area contributed by atoms with Gasteiger partial charge in [-0.2, -0.15) is 13.2 Å². The van der Waals surface area contributed by atoms with E-state index in [1.54, 1.807) is 24.5 Å². The van der Waals surface area contributed by atoms with Crippen molar-refractivity contribution < 1.29 is 44.5 Å². The highest BCUT2D eigenvalue weighted by Gasteiger charge is 2.48. The van der Waals surface area contributed by atoms with Gasteiger partial charge in [-0.25, -0.2) is 17.2 Å². The number of hydrogen-bond donors (Lipinski definition) is 3. The molecule has 0 bridgehead atoms. The zero-order valence-corrected chi connectivity index (χ0v) is 46.1. The van der Waals surface area contributed by atoms with Crippen LogP contribution in [0.2, 0.25) is 5.02 Å². The zero-order chi connectivity index (χ0) is 54.2. The molecule has 0 radical (unpaired) electrons. The van der Waals surface area contributed by atoms with Gasteiger partial charge in [0.25, 0.3) is 9.84 Å². The number of piperazine rings is 1. The van der Waals surface area contributed by atoms with Crippen molar-refractivity contribution in [3.05, 3.63) is 132 Å². The monoisotopic (exact) mass is 1130 g/mol. The molecule has 0 amide bonds. The fourth-order valence-electron chi connectivity index (χ4n) is 9.29. The molecule has 2 aliphatic heterocycles. The van der Waals surface area contributed by atoms with Crippen molar-refractivity contribution in [2.24, 2.45) is 5.92 Å². The Hall–Kier alpha value is -5.25. The lowest BCUT2D eigenvalue weighted by Crippen LogP contribution is -2.46. The number of sulfone groups is 1. The molecule has 5 aromatic carbocycles. The van der Waals surface area contributed by atoms with Gasteiger partial charge in [0.2, 0.25) is 0 Å². The van der Waals surface area contributed by atoms with Crippen molar-refractivity contribution in [2.45, 2.75) is 71.7 Å². The molecular weight excluding hydrogens is 1070 g/mol. The Labute approximate surface area is 451 Å². The van der Waals surface area contributed by atoms with Crippen molar-refractivity contribution in [3.63, 3.8) is 0 Å². The Morgan fingerprint density at radius 2 is 1.49 bits per heavy atom. The van der Waals surface area contributed by atoms with Crippen LogP contribution in [0.1, 0.15) is 45.3 Å². The Morgan fingerprint density at radius 1 is 0.853 bits per heavy atom. The third kappa shape index (κ3) is 14.0. The molecule has 0 saturated carbocycles. The van der Waals surface area contributed by atoms with E-state index in [1.807, 2.05) is 61.5 Å². The molecule has 3 heterocycles. The summed E-state index contributed by atoms with van der Waals surface area (Å²) < 4.78 is 115. The number of likely N-dealkylation sites (tertiary alicyclic amines) is 1. The average Bonchev–Trinajstić information content (AvgIpc) is 3.71. The zero-order valence-electron chi connectivity index (χ0n) is 42.1. The van der Waals surface area contributed by atoms with Crippen LogP contribution in [0.25, 0.3) is 22.4 Å². The third-order valence-corrected chi connectivity index (χ3v) is 17.8. The van der Waals surface area contributed by atoms with Gasteiger partial charge in [0.05, 0.1) is 33.0 Å². The minimum Gasteiger partial charge on any atom is -0.481 e. The van der Waals surface area contributed by atoms with E-state index in [0.29, 0.717) is 57.9 Å². The van der Waals surface area contributed by atoms with Gasteiger partial charge < -0.3 is 34.4 Å². The molecule has 75 heavy (non-hydrogen) atoms. The minimum atomic E-state index is -5.70. The molecular formula is C54H60ClF5N6O5S4. The Balaban J connectivity index is 0.000000662. The number of rotatable bonds is 17. The minimum absolute atomic E-state index is 0.0316. The molecule has 2 fully saturated rings. The molecule has 402 valence electrons. The number of nitrogens with one attached hydrogen (secondary N) is 2. The molecule has 2 saturated heterocycles. The fraction of sp³-hybridized carbons (Fsp3) is 0.352. The van der Waals surface area contributed by atoms with Crippen molar-refractivity contribution in [3.8, 4) is 22.4 Å². The maximum Gasteiger partial charge on any atom is 0.501 e. The van der Waals surface area contributed by atoms with Gasteiger partial charge in [-0.1, -0.05) is 42.8 Å². The summed E-state index contributed by atoms with van der Waals surface area (Å²) in [7, 11) is -7.08.